The molecular formula is C14H12F3N5O. The van der Waals surface area contributed by atoms with Crippen LogP contribution in [0, 0.1) is 18.3 Å². The Kier molecular flexibility index (Phi) is 4.64. The van der Waals surface area contributed by atoms with Crippen LogP contribution in [-0.2, 0) is 17.5 Å². The molecule has 2 aromatic heterocycles. The summed E-state index contributed by atoms with van der Waals surface area (Å²) >= 11 is 0. The van der Waals surface area contributed by atoms with Crippen LogP contribution in [-0.4, -0.2) is 27.2 Å². The minimum atomic E-state index is -4.58. The number of rotatable bonds is 4. The first kappa shape index (κ1) is 16.5. The summed E-state index contributed by atoms with van der Waals surface area (Å²) in [5.74, 6) is -0.329. The van der Waals surface area contributed by atoms with Crippen molar-refractivity contribution in [2.75, 3.05) is 11.4 Å². The summed E-state index contributed by atoms with van der Waals surface area (Å²) in [4.78, 5) is 17.4. The van der Waals surface area contributed by atoms with Crippen molar-refractivity contribution in [1.29, 1.82) is 5.26 Å². The first-order valence-electron chi connectivity index (χ1n) is 6.53. The van der Waals surface area contributed by atoms with E-state index < -0.39 is 24.3 Å². The van der Waals surface area contributed by atoms with Crippen molar-refractivity contribution in [3.8, 4) is 6.07 Å². The third kappa shape index (κ3) is 3.85. The third-order valence-corrected chi connectivity index (χ3v) is 3.01. The highest BCUT2D eigenvalue weighted by Crippen LogP contribution is 2.28. The van der Waals surface area contributed by atoms with E-state index in [1.54, 1.807) is 12.1 Å². The monoisotopic (exact) mass is 323 g/mol. The number of carbonyl (C=O) groups is 1. The van der Waals surface area contributed by atoms with Crippen molar-refractivity contribution >= 4 is 11.7 Å². The van der Waals surface area contributed by atoms with E-state index in [0.29, 0.717) is 0 Å². The van der Waals surface area contributed by atoms with Crippen molar-refractivity contribution in [2.45, 2.75) is 19.6 Å². The van der Waals surface area contributed by atoms with E-state index in [4.69, 9.17) is 5.26 Å². The number of amides is 1. The van der Waals surface area contributed by atoms with Gasteiger partial charge in [-0.3, -0.25) is 14.4 Å². The van der Waals surface area contributed by atoms with Gasteiger partial charge in [0.1, 0.15) is 18.9 Å². The smallest absolute Gasteiger partial charge is 0.281 e. The van der Waals surface area contributed by atoms with E-state index in [9.17, 15) is 18.0 Å². The lowest BCUT2D eigenvalue weighted by Crippen LogP contribution is -2.35. The van der Waals surface area contributed by atoms with Crippen molar-refractivity contribution in [3.05, 3.63) is 41.9 Å². The van der Waals surface area contributed by atoms with Gasteiger partial charge in [0.25, 0.3) is 5.91 Å². The number of hydrogen-bond acceptors (Lipinski definition) is 4. The summed E-state index contributed by atoms with van der Waals surface area (Å²) in [7, 11) is 0. The number of pyridine rings is 1. The zero-order chi connectivity index (χ0) is 17.0. The third-order valence-electron chi connectivity index (χ3n) is 3.01. The number of nitriles is 1. The molecule has 2 aromatic rings. The van der Waals surface area contributed by atoms with Crippen LogP contribution in [0.2, 0.25) is 0 Å². The molecule has 0 unspecified atom stereocenters. The zero-order valence-corrected chi connectivity index (χ0v) is 12.1. The average Bonchev–Trinajstić information content (AvgIpc) is 2.87. The standard InChI is InChI=1S/C14H12F3N5O/c1-10-8-11(14(15,16)17)20-22(10)9-13(23)21(7-5-18)12-4-2-3-6-19-12/h2-4,6,8H,7,9H2,1H3. The molecule has 0 N–H and O–H groups in total. The molecule has 23 heavy (non-hydrogen) atoms. The predicted molar refractivity (Wildman–Crippen MR) is 74.2 cm³/mol. The van der Waals surface area contributed by atoms with Gasteiger partial charge < -0.3 is 0 Å². The molecule has 2 rings (SSSR count). The number of aromatic nitrogens is 3. The minimum absolute atomic E-state index is 0.198. The first-order chi connectivity index (χ1) is 10.8. The summed E-state index contributed by atoms with van der Waals surface area (Å²) < 4.78 is 38.9. The fourth-order valence-corrected chi connectivity index (χ4v) is 1.90. The Labute approximate surface area is 129 Å². The Morgan fingerprint density at radius 1 is 1.43 bits per heavy atom. The lowest BCUT2D eigenvalue weighted by molar-refractivity contribution is -0.141. The van der Waals surface area contributed by atoms with E-state index in [0.717, 1.165) is 15.6 Å². The van der Waals surface area contributed by atoms with Crippen molar-refractivity contribution < 1.29 is 18.0 Å². The Morgan fingerprint density at radius 2 is 2.17 bits per heavy atom. The van der Waals surface area contributed by atoms with Crippen molar-refractivity contribution in [1.82, 2.24) is 14.8 Å². The van der Waals surface area contributed by atoms with Crippen LogP contribution in [0.3, 0.4) is 0 Å². The molecule has 0 bridgehead atoms. The lowest BCUT2D eigenvalue weighted by atomic mass is 10.3. The first-order valence-corrected chi connectivity index (χ1v) is 6.53. The molecule has 0 saturated heterocycles. The van der Waals surface area contributed by atoms with Crippen LogP contribution in [0.4, 0.5) is 19.0 Å². The molecule has 0 aromatic carbocycles. The second-order valence-corrected chi connectivity index (χ2v) is 4.65. The van der Waals surface area contributed by atoms with Crippen molar-refractivity contribution in [3.63, 3.8) is 0 Å². The number of aryl methyl sites for hydroxylation is 1. The molecule has 0 fully saturated rings. The van der Waals surface area contributed by atoms with E-state index in [1.165, 1.54) is 19.2 Å². The summed E-state index contributed by atoms with van der Waals surface area (Å²) in [6, 6.07) is 7.51. The maximum atomic E-state index is 12.6. The number of alkyl halides is 3. The van der Waals surface area contributed by atoms with Gasteiger partial charge >= 0.3 is 6.18 Å². The predicted octanol–water partition coefficient (Wildman–Crippen LogP) is 2.16. The Hall–Kier alpha value is -2.89. The molecule has 0 radical (unpaired) electrons. The van der Waals surface area contributed by atoms with Gasteiger partial charge in [0, 0.05) is 11.9 Å². The maximum Gasteiger partial charge on any atom is 0.435 e. The highest BCUT2D eigenvalue weighted by atomic mass is 19.4. The van der Waals surface area contributed by atoms with Gasteiger partial charge in [0.05, 0.1) is 6.07 Å². The van der Waals surface area contributed by atoms with Crippen LogP contribution in [0.15, 0.2) is 30.5 Å². The average molecular weight is 323 g/mol. The zero-order valence-electron chi connectivity index (χ0n) is 12.1. The molecular weight excluding hydrogens is 311 g/mol. The van der Waals surface area contributed by atoms with Crippen molar-refractivity contribution in [2.24, 2.45) is 0 Å². The minimum Gasteiger partial charge on any atom is -0.281 e. The van der Waals surface area contributed by atoms with Gasteiger partial charge in [-0.05, 0) is 25.1 Å². The van der Waals surface area contributed by atoms with Gasteiger partial charge in [0.2, 0.25) is 0 Å². The highest BCUT2D eigenvalue weighted by Gasteiger charge is 2.34. The molecule has 0 aliphatic heterocycles. The molecule has 0 atom stereocenters. The Balaban J connectivity index is 2.23. The van der Waals surface area contributed by atoms with Gasteiger partial charge in [-0.15, -0.1) is 0 Å². The Morgan fingerprint density at radius 3 is 2.70 bits per heavy atom. The lowest BCUT2D eigenvalue weighted by Gasteiger charge is -2.18. The number of anilines is 1. The Bertz CT molecular complexity index is 733. The van der Waals surface area contributed by atoms with E-state index in [1.807, 2.05) is 6.07 Å². The molecule has 0 spiro atoms. The second kappa shape index (κ2) is 6.48. The molecule has 6 nitrogen and oxygen atoms in total. The van der Waals surface area contributed by atoms with Gasteiger partial charge in [0.15, 0.2) is 5.69 Å². The quantitative estimate of drug-likeness (QED) is 0.808. The number of hydrogen-bond donors (Lipinski definition) is 0. The summed E-state index contributed by atoms with van der Waals surface area (Å²) in [5.41, 5.74) is -0.865. The van der Waals surface area contributed by atoms with Crippen LogP contribution in [0.5, 0.6) is 0 Å². The second-order valence-electron chi connectivity index (χ2n) is 4.65. The van der Waals surface area contributed by atoms with Crippen LogP contribution < -0.4 is 4.90 Å². The topological polar surface area (TPSA) is 74.8 Å². The van der Waals surface area contributed by atoms with E-state index in [-0.39, 0.29) is 18.1 Å². The highest BCUT2D eigenvalue weighted by molar-refractivity contribution is 5.92. The van der Waals surface area contributed by atoms with Gasteiger partial charge in [-0.2, -0.15) is 23.5 Å². The molecule has 0 saturated carbocycles. The fourth-order valence-electron chi connectivity index (χ4n) is 1.90. The summed E-state index contributed by atoms with van der Waals surface area (Å²) in [6.07, 6.45) is -3.12. The van der Waals surface area contributed by atoms with Crippen LogP contribution in [0.1, 0.15) is 11.4 Å². The SMILES string of the molecule is Cc1cc(C(F)(F)F)nn1CC(=O)N(CC#N)c1ccccn1. The van der Waals surface area contributed by atoms with E-state index in [2.05, 4.69) is 10.1 Å². The normalized spacial score (nSPS) is 11.1. The fraction of sp³-hybridized carbons (Fsp3) is 0.286. The summed E-state index contributed by atoms with van der Waals surface area (Å²) in [5, 5.41) is 12.2. The molecule has 9 heteroatoms. The largest absolute Gasteiger partial charge is 0.435 e. The molecule has 1 amide bonds. The van der Waals surface area contributed by atoms with E-state index >= 15 is 0 Å². The van der Waals surface area contributed by atoms with Crippen LogP contribution >= 0.6 is 0 Å². The molecule has 2 heterocycles. The van der Waals surface area contributed by atoms with Gasteiger partial charge in [-0.1, -0.05) is 6.07 Å². The summed E-state index contributed by atoms with van der Waals surface area (Å²) in [6.45, 7) is 0.743. The van der Waals surface area contributed by atoms with Crippen LogP contribution in [0.25, 0.3) is 0 Å². The number of nitrogens with zero attached hydrogens (tertiary/aromatic N) is 5. The number of halogens is 3. The molecule has 0 aliphatic rings. The molecule has 120 valence electrons. The van der Waals surface area contributed by atoms with Gasteiger partial charge in [-0.25, -0.2) is 4.98 Å². The number of carbonyl (C=O) groups excluding carboxylic acids is 1. The molecule has 0 aliphatic carbocycles. The maximum absolute atomic E-state index is 12.6.